The second-order valence-electron chi connectivity index (χ2n) is 4.82. The fraction of sp³-hybridized carbons (Fsp3) is 0.500. The number of hydrogen-bond acceptors (Lipinski definition) is 4. The Balaban J connectivity index is 2.30. The van der Waals surface area contributed by atoms with Crippen LogP contribution in [0.3, 0.4) is 0 Å². The van der Waals surface area contributed by atoms with Crippen LogP contribution in [0.15, 0.2) is 24.3 Å². The molecule has 0 spiro atoms. The summed E-state index contributed by atoms with van der Waals surface area (Å²) in [4.78, 5) is 12.2. The predicted molar refractivity (Wildman–Crippen MR) is 69.4 cm³/mol. The molecule has 2 rings (SSSR count). The van der Waals surface area contributed by atoms with Crippen molar-refractivity contribution in [3.05, 3.63) is 30.1 Å². The maximum absolute atomic E-state index is 13.2. The van der Waals surface area contributed by atoms with E-state index in [1.807, 2.05) is 6.92 Å². The maximum Gasteiger partial charge on any atom is 0.331 e. The molecule has 104 valence electrons. The van der Waals surface area contributed by atoms with Crippen LogP contribution in [-0.4, -0.2) is 31.8 Å². The number of rotatable bonds is 3. The van der Waals surface area contributed by atoms with Crippen molar-refractivity contribution in [2.24, 2.45) is 5.92 Å². The molecule has 1 aliphatic heterocycles. The molecule has 1 fully saturated rings. The summed E-state index contributed by atoms with van der Waals surface area (Å²) in [5, 5.41) is 3.14. The molecule has 1 N–H and O–H groups in total. The number of ether oxygens (including phenoxy) is 2. The van der Waals surface area contributed by atoms with Crippen molar-refractivity contribution in [1.82, 2.24) is 0 Å². The smallest absolute Gasteiger partial charge is 0.331 e. The zero-order valence-corrected chi connectivity index (χ0v) is 11.1. The SMILES string of the molecule is COC(=O)C1(Nc2cccc(F)c2)CCOCC1C. The van der Waals surface area contributed by atoms with E-state index in [9.17, 15) is 9.18 Å². The lowest BCUT2D eigenvalue weighted by Gasteiger charge is -2.41. The van der Waals surface area contributed by atoms with E-state index in [-0.39, 0.29) is 17.7 Å². The van der Waals surface area contributed by atoms with Crippen LogP contribution in [-0.2, 0) is 14.3 Å². The van der Waals surface area contributed by atoms with E-state index in [2.05, 4.69) is 5.32 Å². The monoisotopic (exact) mass is 267 g/mol. The van der Waals surface area contributed by atoms with Crippen molar-refractivity contribution >= 4 is 11.7 Å². The van der Waals surface area contributed by atoms with Gasteiger partial charge in [0.1, 0.15) is 11.4 Å². The van der Waals surface area contributed by atoms with Crippen molar-refractivity contribution < 1.29 is 18.7 Å². The summed E-state index contributed by atoms with van der Waals surface area (Å²) in [5.74, 6) is -0.741. The number of methoxy groups -OCH3 is 1. The topological polar surface area (TPSA) is 47.6 Å². The molecule has 1 aromatic rings. The van der Waals surface area contributed by atoms with Gasteiger partial charge in [0.25, 0.3) is 0 Å². The molecule has 4 nitrogen and oxygen atoms in total. The van der Waals surface area contributed by atoms with Crippen LogP contribution in [0.5, 0.6) is 0 Å². The van der Waals surface area contributed by atoms with Crippen molar-refractivity contribution in [2.45, 2.75) is 18.9 Å². The van der Waals surface area contributed by atoms with Crippen molar-refractivity contribution in [2.75, 3.05) is 25.6 Å². The lowest BCUT2D eigenvalue weighted by atomic mass is 9.80. The van der Waals surface area contributed by atoms with E-state index >= 15 is 0 Å². The van der Waals surface area contributed by atoms with Gasteiger partial charge in [0.15, 0.2) is 0 Å². The average Bonchev–Trinajstić information content (AvgIpc) is 2.40. The standard InChI is InChI=1S/C14H18FNO3/c1-10-9-19-7-6-14(10,13(17)18-2)16-12-5-3-4-11(15)8-12/h3-5,8,10,16H,6-7,9H2,1-2H3. The third kappa shape index (κ3) is 2.71. The van der Waals surface area contributed by atoms with Gasteiger partial charge in [-0.3, -0.25) is 0 Å². The van der Waals surface area contributed by atoms with E-state index in [0.717, 1.165) is 0 Å². The molecule has 0 saturated carbocycles. The highest BCUT2D eigenvalue weighted by atomic mass is 19.1. The molecular weight excluding hydrogens is 249 g/mol. The number of carbonyl (C=O) groups excluding carboxylic acids is 1. The Hall–Kier alpha value is -1.62. The van der Waals surface area contributed by atoms with Gasteiger partial charge in [-0.2, -0.15) is 0 Å². The maximum atomic E-state index is 13.2. The number of esters is 1. The first-order valence-electron chi connectivity index (χ1n) is 6.28. The third-order valence-corrected chi connectivity index (χ3v) is 3.59. The van der Waals surface area contributed by atoms with Gasteiger partial charge in [-0.15, -0.1) is 0 Å². The van der Waals surface area contributed by atoms with E-state index in [0.29, 0.717) is 25.3 Å². The minimum atomic E-state index is -0.860. The number of nitrogens with one attached hydrogen (secondary N) is 1. The molecule has 1 saturated heterocycles. The molecule has 0 amide bonds. The molecule has 0 bridgehead atoms. The first-order valence-corrected chi connectivity index (χ1v) is 6.28. The van der Waals surface area contributed by atoms with E-state index in [1.54, 1.807) is 12.1 Å². The molecule has 0 radical (unpaired) electrons. The average molecular weight is 267 g/mol. The fourth-order valence-electron chi connectivity index (χ4n) is 2.43. The zero-order chi connectivity index (χ0) is 13.9. The number of anilines is 1. The van der Waals surface area contributed by atoms with Gasteiger partial charge in [0.2, 0.25) is 0 Å². The highest BCUT2D eigenvalue weighted by Gasteiger charge is 2.46. The first-order chi connectivity index (χ1) is 9.08. The summed E-state index contributed by atoms with van der Waals surface area (Å²) in [5.41, 5.74) is -0.292. The van der Waals surface area contributed by atoms with Crippen LogP contribution < -0.4 is 5.32 Å². The molecule has 1 heterocycles. The number of halogens is 1. The van der Waals surface area contributed by atoms with Gasteiger partial charge >= 0.3 is 5.97 Å². The molecule has 19 heavy (non-hydrogen) atoms. The van der Waals surface area contributed by atoms with Gasteiger partial charge in [-0.25, -0.2) is 9.18 Å². The van der Waals surface area contributed by atoms with E-state index in [4.69, 9.17) is 9.47 Å². The van der Waals surface area contributed by atoms with E-state index < -0.39 is 5.54 Å². The second-order valence-corrected chi connectivity index (χ2v) is 4.82. The van der Waals surface area contributed by atoms with Gasteiger partial charge in [0, 0.05) is 24.6 Å². The first kappa shape index (κ1) is 13.8. The molecule has 1 aliphatic rings. The summed E-state index contributed by atoms with van der Waals surface area (Å²) in [7, 11) is 1.36. The predicted octanol–water partition coefficient (Wildman–Crippen LogP) is 2.21. The number of carbonyl (C=O) groups is 1. The van der Waals surface area contributed by atoms with Gasteiger partial charge < -0.3 is 14.8 Å². The van der Waals surface area contributed by atoms with Crippen LogP contribution in [0.25, 0.3) is 0 Å². The van der Waals surface area contributed by atoms with Gasteiger partial charge in [-0.1, -0.05) is 13.0 Å². The molecule has 0 aromatic heterocycles. The fourth-order valence-corrected chi connectivity index (χ4v) is 2.43. The Labute approximate surface area is 111 Å². The van der Waals surface area contributed by atoms with Crippen LogP contribution >= 0.6 is 0 Å². The normalized spacial score (nSPS) is 26.8. The molecule has 1 aromatic carbocycles. The molecule has 5 heteroatoms. The molecule has 0 aliphatic carbocycles. The zero-order valence-electron chi connectivity index (χ0n) is 11.1. The van der Waals surface area contributed by atoms with Crippen LogP contribution in [0, 0.1) is 11.7 Å². The van der Waals surface area contributed by atoms with E-state index in [1.165, 1.54) is 19.2 Å². The van der Waals surface area contributed by atoms with Crippen LogP contribution in [0.2, 0.25) is 0 Å². The highest BCUT2D eigenvalue weighted by molar-refractivity contribution is 5.85. The summed E-state index contributed by atoms with van der Waals surface area (Å²) < 4.78 is 23.5. The van der Waals surface area contributed by atoms with Crippen LogP contribution in [0.4, 0.5) is 10.1 Å². The minimum Gasteiger partial charge on any atom is -0.467 e. The Kier molecular flexibility index (Phi) is 4.04. The summed E-state index contributed by atoms with van der Waals surface area (Å²) >= 11 is 0. The molecule has 2 unspecified atom stereocenters. The Morgan fingerprint density at radius 1 is 1.58 bits per heavy atom. The summed E-state index contributed by atoms with van der Waals surface area (Å²) in [6.07, 6.45) is 0.497. The summed E-state index contributed by atoms with van der Waals surface area (Å²) in [6, 6.07) is 6.07. The van der Waals surface area contributed by atoms with Crippen molar-refractivity contribution in [1.29, 1.82) is 0 Å². The molecular formula is C14H18FNO3. The number of benzene rings is 1. The highest BCUT2D eigenvalue weighted by Crippen LogP contribution is 2.32. The quantitative estimate of drug-likeness (QED) is 0.853. The Bertz CT molecular complexity index is 466. The molecule has 2 atom stereocenters. The number of hydrogen-bond donors (Lipinski definition) is 1. The van der Waals surface area contributed by atoms with Crippen molar-refractivity contribution in [3.63, 3.8) is 0 Å². The third-order valence-electron chi connectivity index (χ3n) is 3.59. The lowest BCUT2D eigenvalue weighted by Crippen LogP contribution is -2.56. The Morgan fingerprint density at radius 3 is 3.00 bits per heavy atom. The summed E-state index contributed by atoms with van der Waals surface area (Å²) in [6.45, 7) is 2.86. The minimum absolute atomic E-state index is 0.0584. The Morgan fingerprint density at radius 2 is 2.37 bits per heavy atom. The van der Waals surface area contributed by atoms with Gasteiger partial charge in [-0.05, 0) is 18.2 Å². The van der Waals surface area contributed by atoms with Gasteiger partial charge in [0.05, 0.1) is 13.7 Å². The van der Waals surface area contributed by atoms with Crippen molar-refractivity contribution in [3.8, 4) is 0 Å². The second kappa shape index (κ2) is 5.57. The lowest BCUT2D eigenvalue weighted by molar-refractivity contribution is -0.152. The largest absolute Gasteiger partial charge is 0.467 e. The van der Waals surface area contributed by atoms with Crippen LogP contribution in [0.1, 0.15) is 13.3 Å².